The van der Waals surface area contributed by atoms with Crippen LogP contribution in [0.3, 0.4) is 0 Å². The average Bonchev–Trinajstić information content (AvgIpc) is 3.33. The van der Waals surface area contributed by atoms with Crippen LogP contribution in [0, 0.1) is 5.82 Å². The van der Waals surface area contributed by atoms with E-state index in [0.717, 1.165) is 22.0 Å². The summed E-state index contributed by atoms with van der Waals surface area (Å²) in [7, 11) is 0. The molecule has 164 valence electrons. The molecule has 4 aromatic rings. The number of hydrogen-bond acceptors (Lipinski definition) is 6. The Bertz CT molecular complexity index is 1330. The quantitative estimate of drug-likeness (QED) is 0.478. The molecule has 3 heterocycles. The molecule has 5 rings (SSSR count). The second-order valence-electron chi connectivity index (χ2n) is 7.26. The standard InChI is InChI=1S/C24H17FN4O3S/c25-16-5-7-17(8-6-16)27-22(30)12-29-20-11-15(4-9-21(20)32-13-23(29)31)19-14-33-24(28-19)18-3-1-2-10-26-18/h1-11,14H,12-13H2,(H,27,30). The van der Waals surface area contributed by atoms with E-state index in [1.165, 1.54) is 40.5 Å². The number of thiazole rings is 1. The lowest BCUT2D eigenvalue weighted by atomic mass is 10.1. The van der Waals surface area contributed by atoms with Gasteiger partial charge in [-0.1, -0.05) is 6.07 Å². The fourth-order valence-corrected chi connectivity index (χ4v) is 4.23. The first-order valence-electron chi connectivity index (χ1n) is 10.1. The molecule has 1 aliphatic rings. The summed E-state index contributed by atoms with van der Waals surface area (Å²) in [5, 5.41) is 5.38. The molecule has 1 N–H and O–H groups in total. The molecule has 0 fully saturated rings. The molecule has 0 saturated carbocycles. The Labute approximate surface area is 192 Å². The molecule has 0 saturated heterocycles. The molecule has 0 unspecified atom stereocenters. The number of ether oxygens (including phenoxy) is 1. The monoisotopic (exact) mass is 460 g/mol. The third-order valence-electron chi connectivity index (χ3n) is 5.02. The third-order valence-corrected chi connectivity index (χ3v) is 5.88. The maximum Gasteiger partial charge on any atom is 0.265 e. The highest BCUT2D eigenvalue weighted by molar-refractivity contribution is 7.13. The van der Waals surface area contributed by atoms with E-state index in [-0.39, 0.29) is 19.1 Å². The van der Waals surface area contributed by atoms with E-state index in [2.05, 4.69) is 15.3 Å². The van der Waals surface area contributed by atoms with Crippen molar-refractivity contribution in [2.45, 2.75) is 0 Å². The molecule has 7 nitrogen and oxygen atoms in total. The van der Waals surface area contributed by atoms with Crippen molar-refractivity contribution < 1.29 is 18.7 Å². The molecule has 0 atom stereocenters. The number of hydrogen-bond donors (Lipinski definition) is 1. The zero-order valence-electron chi connectivity index (χ0n) is 17.2. The van der Waals surface area contributed by atoms with E-state index in [0.29, 0.717) is 17.1 Å². The highest BCUT2D eigenvalue weighted by atomic mass is 32.1. The van der Waals surface area contributed by atoms with E-state index in [4.69, 9.17) is 4.74 Å². The zero-order chi connectivity index (χ0) is 22.8. The topological polar surface area (TPSA) is 84.4 Å². The minimum Gasteiger partial charge on any atom is -0.482 e. The van der Waals surface area contributed by atoms with Gasteiger partial charge in [0, 0.05) is 22.8 Å². The summed E-state index contributed by atoms with van der Waals surface area (Å²) in [6, 6.07) is 16.5. The first kappa shape index (κ1) is 20.8. The summed E-state index contributed by atoms with van der Waals surface area (Å²) in [6.07, 6.45) is 1.72. The Morgan fingerprint density at radius 3 is 2.76 bits per heavy atom. The number of benzene rings is 2. The summed E-state index contributed by atoms with van der Waals surface area (Å²) in [5.41, 5.74) is 3.24. The lowest BCUT2D eigenvalue weighted by Crippen LogP contribution is -2.43. The molecular weight excluding hydrogens is 443 g/mol. The van der Waals surface area contributed by atoms with Crippen LogP contribution in [0.15, 0.2) is 72.2 Å². The van der Waals surface area contributed by atoms with Crippen LogP contribution < -0.4 is 15.0 Å². The molecule has 9 heteroatoms. The van der Waals surface area contributed by atoms with Gasteiger partial charge in [0.2, 0.25) is 5.91 Å². The van der Waals surface area contributed by atoms with E-state index in [1.54, 1.807) is 18.3 Å². The van der Waals surface area contributed by atoms with E-state index < -0.39 is 11.7 Å². The number of nitrogens with zero attached hydrogens (tertiary/aromatic N) is 3. The molecule has 2 aromatic heterocycles. The van der Waals surface area contributed by atoms with E-state index in [1.807, 2.05) is 29.6 Å². The Kier molecular flexibility index (Phi) is 5.54. The van der Waals surface area contributed by atoms with Gasteiger partial charge in [0.15, 0.2) is 6.61 Å². The fourth-order valence-electron chi connectivity index (χ4n) is 3.43. The normalized spacial score (nSPS) is 12.8. The number of pyridine rings is 1. The summed E-state index contributed by atoms with van der Waals surface area (Å²) in [5.74, 6) is -0.625. The highest BCUT2D eigenvalue weighted by Crippen LogP contribution is 2.37. The second-order valence-corrected chi connectivity index (χ2v) is 8.12. The second kappa shape index (κ2) is 8.79. The van der Waals surface area contributed by atoms with Crippen LogP contribution in [0.25, 0.3) is 22.0 Å². The lowest BCUT2D eigenvalue weighted by Gasteiger charge is -2.29. The molecule has 0 radical (unpaired) electrons. The van der Waals surface area contributed by atoms with Crippen molar-refractivity contribution in [3.05, 3.63) is 78.1 Å². The first-order valence-corrected chi connectivity index (χ1v) is 10.9. The Morgan fingerprint density at radius 2 is 1.97 bits per heavy atom. The van der Waals surface area contributed by atoms with Gasteiger partial charge in [0.25, 0.3) is 5.91 Å². The average molecular weight is 460 g/mol. The third kappa shape index (κ3) is 4.44. The smallest absolute Gasteiger partial charge is 0.265 e. The number of amides is 2. The van der Waals surface area contributed by atoms with Crippen LogP contribution in [0.1, 0.15) is 0 Å². The minimum absolute atomic E-state index is 0.156. The van der Waals surface area contributed by atoms with Crippen molar-refractivity contribution in [1.82, 2.24) is 9.97 Å². The number of aromatic nitrogens is 2. The lowest BCUT2D eigenvalue weighted by molar-refractivity contribution is -0.123. The van der Waals surface area contributed by atoms with Crippen molar-refractivity contribution in [3.8, 4) is 27.7 Å². The van der Waals surface area contributed by atoms with Crippen molar-refractivity contribution in [3.63, 3.8) is 0 Å². The van der Waals surface area contributed by atoms with Gasteiger partial charge in [-0.3, -0.25) is 19.5 Å². The van der Waals surface area contributed by atoms with Crippen molar-refractivity contribution in [2.75, 3.05) is 23.4 Å². The van der Waals surface area contributed by atoms with Crippen LogP contribution in [0.4, 0.5) is 15.8 Å². The molecule has 2 aromatic carbocycles. The van der Waals surface area contributed by atoms with Crippen LogP contribution in [-0.4, -0.2) is 34.9 Å². The fraction of sp³-hybridized carbons (Fsp3) is 0.0833. The number of anilines is 2. The number of carbonyl (C=O) groups is 2. The number of carbonyl (C=O) groups excluding carboxylic acids is 2. The van der Waals surface area contributed by atoms with Gasteiger partial charge < -0.3 is 10.1 Å². The van der Waals surface area contributed by atoms with E-state index in [9.17, 15) is 14.0 Å². The molecule has 0 bridgehead atoms. The summed E-state index contributed by atoms with van der Waals surface area (Å²) < 4.78 is 18.7. The molecule has 2 amide bonds. The van der Waals surface area contributed by atoms with Gasteiger partial charge in [-0.2, -0.15) is 0 Å². The summed E-state index contributed by atoms with van der Waals surface area (Å²) >= 11 is 1.47. The summed E-state index contributed by atoms with van der Waals surface area (Å²) in [6.45, 7) is -0.358. The van der Waals surface area contributed by atoms with Gasteiger partial charge in [0.1, 0.15) is 23.1 Å². The number of fused-ring (bicyclic) bond motifs is 1. The van der Waals surface area contributed by atoms with Crippen LogP contribution >= 0.6 is 11.3 Å². The van der Waals surface area contributed by atoms with Crippen molar-refractivity contribution in [2.24, 2.45) is 0 Å². The minimum atomic E-state index is -0.403. The van der Waals surface area contributed by atoms with Gasteiger partial charge in [0.05, 0.1) is 17.1 Å². The molecule has 0 aliphatic carbocycles. The van der Waals surface area contributed by atoms with Gasteiger partial charge in [-0.15, -0.1) is 11.3 Å². The van der Waals surface area contributed by atoms with Crippen molar-refractivity contribution >= 4 is 34.5 Å². The van der Waals surface area contributed by atoms with Crippen LogP contribution in [0.2, 0.25) is 0 Å². The Hall–Kier alpha value is -4.11. The zero-order valence-corrected chi connectivity index (χ0v) is 18.0. The highest BCUT2D eigenvalue weighted by Gasteiger charge is 2.28. The van der Waals surface area contributed by atoms with Gasteiger partial charge in [-0.25, -0.2) is 9.37 Å². The first-order chi connectivity index (χ1) is 16.1. The number of nitrogens with one attached hydrogen (secondary N) is 1. The van der Waals surface area contributed by atoms with Crippen LogP contribution in [0.5, 0.6) is 5.75 Å². The number of rotatable bonds is 5. The molecule has 1 aliphatic heterocycles. The molecule has 33 heavy (non-hydrogen) atoms. The predicted octanol–water partition coefficient (Wildman–Crippen LogP) is 4.38. The SMILES string of the molecule is O=C(CN1C(=O)COc2ccc(-c3csc(-c4ccccn4)n3)cc21)Nc1ccc(F)cc1. The Morgan fingerprint density at radius 1 is 1.12 bits per heavy atom. The maximum atomic E-state index is 13.1. The van der Waals surface area contributed by atoms with E-state index >= 15 is 0 Å². The van der Waals surface area contributed by atoms with Gasteiger partial charge >= 0.3 is 0 Å². The number of halogens is 1. The van der Waals surface area contributed by atoms with Crippen LogP contribution in [-0.2, 0) is 9.59 Å². The largest absolute Gasteiger partial charge is 0.482 e. The van der Waals surface area contributed by atoms with Crippen molar-refractivity contribution in [1.29, 1.82) is 0 Å². The molecular formula is C24H17FN4O3S. The molecule has 0 spiro atoms. The predicted molar refractivity (Wildman–Crippen MR) is 124 cm³/mol. The summed E-state index contributed by atoms with van der Waals surface area (Å²) in [4.78, 5) is 35.5. The van der Waals surface area contributed by atoms with Gasteiger partial charge in [-0.05, 0) is 54.6 Å². The Balaban J connectivity index is 1.40. The maximum absolute atomic E-state index is 13.1.